The van der Waals surface area contributed by atoms with E-state index in [4.69, 9.17) is 10.1 Å². The van der Waals surface area contributed by atoms with Crippen LogP contribution in [0.3, 0.4) is 0 Å². The molecule has 4 aromatic rings. The molecule has 0 aliphatic carbocycles. The highest BCUT2D eigenvalue weighted by Crippen LogP contribution is 2.26. The van der Waals surface area contributed by atoms with Gasteiger partial charge < -0.3 is 9.80 Å². The van der Waals surface area contributed by atoms with Crippen LogP contribution in [-0.2, 0) is 0 Å². The molecule has 0 atom stereocenters. The maximum atomic E-state index is 4.81. The number of aryl methyl sites for hydroxylation is 2. The third-order valence-corrected chi connectivity index (χ3v) is 6.15. The minimum atomic E-state index is 0.876. The lowest BCUT2D eigenvalue weighted by Crippen LogP contribution is -2.44. The van der Waals surface area contributed by atoms with Crippen molar-refractivity contribution in [3.63, 3.8) is 0 Å². The van der Waals surface area contributed by atoms with Crippen LogP contribution in [-0.4, -0.2) is 52.7 Å². The average molecular weight is 398 g/mol. The molecule has 0 saturated carbocycles. The van der Waals surface area contributed by atoms with E-state index < -0.39 is 0 Å². The molecular formula is C25H27N5. The van der Waals surface area contributed by atoms with Gasteiger partial charge in [0, 0.05) is 31.7 Å². The number of likely N-dealkylation sites (N-methyl/N-ethyl adjacent to an activating group) is 1. The number of rotatable bonds is 3. The summed E-state index contributed by atoms with van der Waals surface area (Å²) in [5, 5.41) is 4.81. The summed E-state index contributed by atoms with van der Waals surface area (Å²) in [5.41, 5.74) is 8.04. The Labute approximate surface area is 177 Å². The number of benzene rings is 2. The maximum Gasteiger partial charge on any atom is 0.154 e. The van der Waals surface area contributed by atoms with Crippen molar-refractivity contribution >= 4 is 11.5 Å². The van der Waals surface area contributed by atoms with Crippen molar-refractivity contribution in [1.82, 2.24) is 19.5 Å². The van der Waals surface area contributed by atoms with Gasteiger partial charge in [-0.2, -0.15) is 0 Å². The molecule has 0 radical (unpaired) electrons. The summed E-state index contributed by atoms with van der Waals surface area (Å²) < 4.78 is 1.90. The number of fused-ring (bicyclic) bond motifs is 1. The van der Waals surface area contributed by atoms with E-state index in [1.165, 1.54) is 22.3 Å². The van der Waals surface area contributed by atoms with E-state index in [-0.39, 0.29) is 0 Å². The second-order valence-electron chi connectivity index (χ2n) is 8.29. The van der Waals surface area contributed by atoms with E-state index in [0.29, 0.717) is 0 Å². The lowest BCUT2D eigenvalue weighted by atomic mass is 9.99. The fourth-order valence-corrected chi connectivity index (χ4v) is 3.97. The van der Waals surface area contributed by atoms with Crippen LogP contribution in [0.4, 0.5) is 5.82 Å². The number of aromatic nitrogens is 3. The lowest BCUT2D eigenvalue weighted by molar-refractivity contribution is 0.311. The van der Waals surface area contributed by atoms with E-state index in [2.05, 4.69) is 85.3 Å². The normalized spacial score (nSPS) is 15.1. The van der Waals surface area contributed by atoms with Crippen molar-refractivity contribution in [3.05, 3.63) is 71.9 Å². The van der Waals surface area contributed by atoms with Gasteiger partial charge in [-0.05, 0) is 55.3 Å². The molecule has 0 N–H and O–H groups in total. The predicted molar refractivity (Wildman–Crippen MR) is 123 cm³/mol. The first kappa shape index (κ1) is 18.8. The van der Waals surface area contributed by atoms with Gasteiger partial charge >= 0.3 is 0 Å². The Morgan fingerprint density at radius 1 is 0.733 bits per heavy atom. The van der Waals surface area contributed by atoms with Gasteiger partial charge in [0.05, 0.1) is 11.9 Å². The Balaban J connectivity index is 1.41. The molecule has 0 spiro atoms. The summed E-state index contributed by atoms with van der Waals surface area (Å²) in [6.07, 6.45) is 2.03. The van der Waals surface area contributed by atoms with Gasteiger partial charge in [0.25, 0.3) is 0 Å². The van der Waals surface area contributed by atoms with E-state index in [1.807, 2.05) is 10.7 Å². The molecule has 1 aliphatic heterocycles. The first-order valence-corrected chi connectivity index (χ1v) is 10.5. The van der Waals surface area contributed by atoms with Crippen molar-refractivity contribution in [3.8, 4) is 22.4 Å². The summed E-state index contributed by atoms with van der Waals surface area (Å²) in [6.45, 7) is 8.47. The van der Waals surface area contributed by atoms with E-state index in [0.717, 1.165) is 48.9 Å². The van der Waals surface area contributed by atoms with Gasteiger partial charge in [-0.1, -0.05) is 42.5 Å². The third-order valence-electron chi connectivity index (χ3n) is 6.15. The van der Waals surface area contributed by atoms with Crippen LogP contribution in [0, 0.1) is 13.8 Å². The molecule has 0 unspecified atom stereocenters. The highest BCUT2D eigenvalue weighted by atomic mass is 15.3. The SMILES string of the molecule is Cc1ccc(-c2ccc(-c3cn4nc(N5CCN(C)CC5)ccc4n3)cc2)cc1C. The molecule has 0 bridgehead atoms. The molecule has 0 amide bonds. The van der Waals surface area contributed by atoms with Gasteiger partial charge in [0.15, 0.2) is 5.65 Å². The van der Waals surface area contributed by atoms with Crippen LogP contribution in [0.2, 0.25) is 0 Å². The molecular weight excluding hydrogens is 370 g/mol. The summed E-state index contributed by atoms with van der Waals surface area (Å²) in [5.74, 6) is 1.02. The zero-order valence-electron chi connectivity index (χ0n) is 17.8. The highest BCUT2D eigenvalue weighted by molar-refractivity contribution is 5.70. The number of anilines is 1. The molecule has 2 aromatic heterocycles. The zero-order valence-corrected chi connectivity index (χ0v) is 17.8. The number of imidazole rings is 1. The Hall–Kier alpha value is -3.18. The van der Waals surface area contributed by atoms with Gasteiger partial charge in [-0.3, -0.25) is 0 Å². The Kier molecular flexibility index (Phi) is 4.75. The van der Waals surface area contributed by atoms with Crippen molar-refractivity contribution in [2.24, 2.45) is 0 Å². The number of nitrogens with zero attached hydrogens (tertiary/aromatic N) is 5. The number of hydrogen-bond donors (Lipinski definition) is 0. The molecule has 2 aromatic carbocycles. The van der Waals surface area contributed by atoms with Gasteiger partial charge in [-0.25, -0.2) is 9.50 Å². The van der Waals surface area contributed by atoms with Gasteiger partial charge in [0.2, 0.25) is 0 Å². The minimum absolute atomic E-state index is 0.876. The van der Waals surface area contributed by atoms with Crippen molar-refractivity contribution in [1.29, 1.82) is 0 Å². The average Bonchev–Trinajstić information content (AvgIpc) is 3.20. The Morgan fingerprint density at radius 3 is 2.17 bits per heavy atom. The van der Waals surface area contributed by atoms with Crippen molar-refractivity contribution in [2.75, 3.05) is 38.1 Å². The van der Waals surface area contributed by atoms with E-state index in [9.17, 15) is 0 Å². The van der Waals surface area contributed by atoms with Gasteiger partial charge in [-0.15, -0.1) is 5.10 Å². The molecule has 1 aliphatic rings. The maximum absolute atomic E-state index is 4.81. The van der Waals surface area contributed by atoms with Crippen LogP contribution in [0.25, 0.3) is 28.0 Å². The molecule has 5 rings (SSSR count). The number of hydrogen-bond acceptors (Lipinski definition) is 4. The van der Waals surface area contributed by atoms with Crippen molar-refractivity contribution in [2.45, 2.75) is 13.8 Å². The molecule has 3 heterocycles. The lowest BCUT2D eigenvalue weighted by Gasteiger charge is -2.32. The van der Waals surface area contributed by atoms with E-state index >= 15 is 0 Å². The highest BCUT2D eigenvalue weighted by Gasteiger charge is 2.16. The van der Waals surface area contributed by atoms with Gasteiger partial charge in [0.1, 0.15) is 5.82 Å². The van der Waals surface area contributed by atoms with Crippen molar-refractivity contribution < 1.29 is 0 Å². The van der Waals surface area contributed by atoms with Crippen LogP contribution in [0.15, 0.2) is 60.8 Å². The molecule has 30 heavy (non-hydrogen) atoms. The molecule has 1 fully saturated rings. The fourth-order valence-electron chi connectivity index (χ4n) is 3.97. The monoisotopic (exact) mass is 397 g/mol. The first-order valence-electron chi connectivity index (χ1n) is 10.5. The van der Waals surface area contributed by atoms with Crippen LogP contribution in [0.1, 0.15) is 11.1 Å². The minimum Gasteiger partial charge on any atom is -0.353 e. The fraction of sp³-hybridized carbons (Fsp3) is 0.280. The Morgan fingerprint density at radius 2 is 1.43 bits per heavy atom. The zero-order chi connectivity index (χ0) is 20.7. The molecule has 152 valence electrons. The topological polar surface area (TPSA) is 36.7 Å². The second-order valence-corrected chi connectivity index (χ2v) is 8.29. The largest absolute Gasteiger partial charge is 0.353 e. The van der Waals surface area contributed by atoms with E-state index in [1.54, 1.807) is 0 Å². The first-order chi connectivity index (χ1) is 14.6. The van der Waals surface area contributed by atoms with Crippen LogP contribution in [0.5, 0.6) is 0 Å². The second kappa shape index (κ2) is 7.58. The Bertz CT molecular complexity index is 1180. The predicted octanol–water partition coefficient (Wildman–Crippen LogP) is 4.43. The smallest absolute Gasteiger partial charge is 0.154 e. The molecule has 5 heteroatoms. The summed E-state index contributed by atoms with van der Waals surface area (Å²) in [4.78, 5) is 9.48. The quantitative estimate of drug-likeness (QED) is 0.512. The standard InChI is InChI=1S/C25H27N5/c1-18-4-5-22(16-19(18)2)20-6-8-21(9-7-20)23-17-30-24(26-23)10-11-25(27-30)29-14-12-28(3)13-15-29/h4-11,16-17H,12-15H2,1-3H3. The van der Waals surface area contributed by atoms with Crippen LogP contribution < -0.4 is 4.90 Å². The molecule has 5 nitrogen and oxygen atoms in total. The number of piperazine rings is 1. The third kappa shape index (κ3) is 3.57. The molecule has 1 saturated heterocycles. The summed E-state index contributed by atoms with van der Waals surface area (Å²) >= 11 is 0. The summed E-state index contributed by atoms with van der Waals surface area (Å²) in [7, 11) is 2.17. The summed E-state index contributed by atoms with van der Waals surface area (Å²) in [6, 6.07) is 19.4. The van der Waals surface area contributed by atoms with Crippen LogP contribution >= 0.6 is 0 Å².